The number of piperidine rings is 1. The van der Waals surface area contributed by atoms with Crippen LogP contribution in [-0.4, -0.2) is 74.9 Å². The average molecular weight is 486 g/mol. The Morgan fingerprint density at radius 3 is 2.42 bits per heavy atom. The molecule has 188 valence electrons. The van der Waals surface area contributed by atoms with Gasteiger partial charge < -0.3 is 20.4 Å². The molecule has 0 aliphatic carbocycles. The van der Waals surface area contributed by atoms with Crippen LogP contribution in [0.1, 0.15) is 44.7 Å². The number of hydrogen-bond donors (Lipinski definition) is 2. The topological polar surface area (TPSA) is 97.9 Å². The summed E-state index contributed by atoms with van der Waals surface area (Å²) in [4.78, 5) is 14.0. The van der Waals surface area contributed by atoms with Crippen LogP contribution in [0.15, 0.2) is 43.0 Å². The molecule has 9 heteroatoms. The number of aromatic nitrogens is 4. The molecule has 0 unspecified atom stereocenters. The predicted octanol–water partition coefficient (Wildman–Crippen LogP) is 4.12. The van der Waals surface area contributed by atoms with Crippen LogP contribution in [0, 0.1) is 11.3 Å². The van der Waals surface area contributed by atoms with Crippen molar-refractivity contribution in [2.24, 2.45) is 0 Å². The lowest BCUT2D eigenvalue weighted by atomic mass is 10.1. The molecule has 2 aliphatic heterocycles. The van der Waals surface area contributed by atoms with Gasteiger partial charge in [0, 0.05) is 67.6 Å². The molecule has 2 fully saturated rings. The molecule has 0 amide bonds. The van der Waals surface area contributed by atoms with E-state index in [4.69, 9.17) is 0 Å². The second-order valence-electron chi connectivity index (χ2n) is 9.69. The molecule has 2 N–H and O–H groups in total. The van der Waals surface area contributed by atoms with E-state index < -0.39 is 0 Å². The second kappa shape index (κ2) is 11.1. The van der Waals surface area contributed by atoms with Crippen LogP contribution in [0.2, 0.25) is 0 Å². The van der Waals surface area contributed by atoms with Gasteiger partial charge in [0.15, 0.2) is 0 Å². The molecular formula is C27H35N9. The molecule has 5 rings (SSSR count). The Morgan fingerprint density at radius 2 is 1.72 bits per heavy atom. The van der Waals surface area contributed by atoms with Crippen molar-refractivity contribution in [1.82, 2.24) is 29.5 Å². The highest BCUT2D eigenvalue weighted by Crippen LogP contribution is 2.27. The number of nitriles is 1. The fourth-order valence-corrected chi connectivity index (χ4v) is 5.15. The summed E-state index contributed by atoms with van der Waals surface area (Å²) in [5.41, 5.74) is 4.31. The molecule has 36 heavy (non-hydrogen) atoms. The van der Waals surface area contributed by atoms with Crippen molar-refractivity contribution in [3.63, 3.8) is 0 Å². The van der Waals surface area contributed by atoms with E-state index >= 15 is 0 Å². The Balaban J connectivity index is 1.23. The smallest absolute Gasteiger partial charge is 0.227 e. The first-order chi connectivity index (χ1) is 17.6. The van der Waals surface area contributed by atoms with Gasteiger partial charge in [-0.05, 0) is 50.6 Å². The second-order valence-corrected chi connectivity index (χ2v) is 9.69. The van der Waals surface area contributed by atoms with Crippen molar-refractivity contribution in [2.45, 2.75) is 45.2 Å². The van der Waals surface area contributed by atoms with E-state index in [2.05, 4.69) is 66.3 Å². The predicted molar refractivity (Wildman–Crippen MR) is 142 cm³/mol. The number of hydrogen-bond acceptors (Lipinski definition) is 8. The molecule has 0 saturated carbocycles. The van der Waals surface area contributed by atoms with E-state index in [0.29, 0.717) is 23.6 Å². The number of likely N-dealkylation sites (tertiary alicyclic amines) is 2. The normalized spacial score (nSPS) is 19.3. The molecule has 2 aliphatic rings. The quantitative estimate of drug-likeness (QED) is 0.492. The molecule has 1 aromatic carbocycles. The summed E-state index contributed by atoms with van der Waals surface area (Å²) in [6, 6.07) is 8.80. The zero-order valence-electron chi connectivity index (χ0n) is 21.2. The summed E-state index contributed by atoms with van der Waals surface area (Å²) in [6.45, 7) is 10.9. The first-order valence-corrected chi connectivity index (χ1v) is 13.0. The van der Waals surface area contributed by atoms with Gasteiger partial charge in [0.2, 0.25) is 5.95 Å². The van der Waals surface area contributed by atoms with Crippen LogP contribution in [0.25, 0.3) is 11.1 Å². The lowest BCUT2D eigenvalue weighted by Crippen LogP contribution is -2.34. The van der Waals surface area contributed by atoms with E-state index in [1.165, 1.54) is 0 Å². The molecule has 0 bridgehead atoms. The number of rotatable bonds is 8. The lowest BCUT2D eigenvalue weighted by Gasteiger charge is -2.31. The summed E-state index contributed by atoms with van der Waals surface area (Å²) in [6.07, 6.45) is 11.0. The van der Waals surface area contributed by atoms with Crippen LogP contribution in [-0.2, 0) is 0 Å². The Kier molecular flexibility index (Phi) is 7.44. The molecular weight excluding hydrogens is 450 g/mol. The maximum absolute atomic E-state index is 9.56. The molecule has 0 spiro atoms. The molecule has 9 nitrogen and oxygen atoms in total. The van der Waals surface area contributed by atoms with Crippen LogP contribution in [0.3, 0.4) is 0 Å². The molecule has 1 atom stereocenters. The number of benzene rings is 1. The fraction of sp³-hybridized carbons (Fsp3) is 0.481. The van der Waals surface area contributed by atoms with E-state index in [0.717, 1.165) is 81.0 Å². The number of nitrogens with zero attached hydrogens (tertiary/aromatic N) is 7. The molecule has 4 heterocycles. The van der Waals surface area contributed by atoms with Crippen molar-refractivity contribution in [2.75, 3.05) is 49.9 Å². The maximum Gasteiger partial charge on any atom is 0.227 e. The lowest BCUT2D eigenvalue weighted by molar-refractivity contribution is 0.187. The minimum absolute atomic E-state index is 0.350. The Bertz CT molecular complexity index is 1190. The van der Waals surface area contributed by atoms with Gasteiger partial charge >= 0.3 is 0 Å². The van der Waals surface area contributed by atoms with E-state index in [9.17, 15) is 5.26 Å². The van der Waals surface area contributed by atoms with Gasteiger partial charge in [-0.15, -0.1) is 0 Å². The van der Waals surface area contributed by atoms with Gasteiger partial charge in [0.25, 0.3) is 0 Å². The Hall–Kier alpha value is -3.48. The van der Waals surface area contributed by atoms with Crippen LogP contribution >= 0.6 is 0 Å². The standard InChI is InChI=1S/C27H35N9/c1-3-34-11-8-25(9-12-34)36-18-22(17-31-36)21-15-29-27(30-16-21)33-23-6-5-20(14-28)26(13-23)32-24-7-10-35(4-2)19-24/h5-6,13,15-18,24-25,32H,3-4,7-12,19H2,1-2H3,(H,29,30,33)/t24-/m1/s1. The van der Waals surface area contributed by atoms with Crippen LogP contribution in [0.5, 0.6) is 0 Å². The highest BCUT2D eigenvalue weighted by Gasteiger charge is 2.22. The van der Waals surface area contributed by atoms with Crippen molar-refractivity contribution in [3.8, 4) is 17.2 Å². The van der Waals surface area contributed by atoms with Crippen LogP contribution in [0.4, 0.5) is 17.3 Å². The molecule has 3 aromatic rings. The third-order valence-electron chi connectivity index (χ3n) is 7.44. The highest BCUT2D eigenvalue weighted by molar-refractivity contribution is 5.68. The Morgan fingerprint density at radius 1 is 0.972 bits per heavy atom. The molecule has 2 saturated heterocycles. The summed E-state index contributed by atoms with van der Waals surface area (Å²) < 4.78 is 2.10. The van der Waals surface area contributed by atoms with Gasteiger partial charge in [0.1, 0.15) is 6.07 Å². The van der Waals surface area contributed by atoms with Crippen molar-refractivity contribution in [3.05, 3.63) is 48.5 Å². The van der Waals surface area contributed by atoms with Crippen molar-refractivity contribution in [1.29, 1.82) is 5.26 Å². The number of likely N-dealkylation sites (N-methyl/N-ethyl adjacent to an activating group) is 1. The highest BCUT2D eigenvalue weighted by atomic mass is 15.3. The van der Waals surface area contributed by atoms with Gasteiger partial charge in [-0.25, -0.2) is 9.97 Å². The average Bonchev–Trinajstić information content (AvgIpc) is 3.60. The monoisotopic (exact) mass is 485 g/mol. The van der Waals surface area contributed by atoms with Gasteiger partial charge in [0.05, 0.1) is 23.5 Å². The van der Waals surface area contributed by atoms with Crippen LogP contribution < -0.4 is 10.6 Å². The van der Waals surface area contributed by atoms with E-state index in [-0.39, 0.29) is 0 Å². The first-order valence-electron chi connectivity index (χ1n) is 13.0. The minimum atomic E-state index is 0.350. The number of nitrogens with one attached hydrogen (secondary N) is 2. The van der Waals surface area contributed by atoms with Gasteiger partial charge in [-0.3, -0.25) is 4.68 Å². The van der Waals surface area contributed by atoms with E-state index in [1.54, 1.807) is 0 Å². The zero-order valence-corrected chi connectivity index (χ0v) is 21.2. The minimum Gasteiger partial charge on any atom is -0.380 e. The SMILES string of the molecule is CCN1CCC(n2cc(-c3cnc(Nc4ccc(C#N)c(N[C@@H]5CCN(CC)C5)c4)nc3)cn2)CC1. The summed E-state index contributed by atoms with van der Waals surface area (Å²) in [5, 5.41) is 21.0. The summed E-state index contributed by atoms with van der Waals surface area (Å²) in [7, 11) is 0. The van der Waals surface area contributed by atoms with Crippen molar-refractivity contribution >= 4 is 17.3 Å². The number of anilines is 3. The first kappa shape index (κ1) is 24.2. The van der Waals surface area contributed by atoms with Gasteiger partial charge in [-0.2, -0.15) is 10.4 Å². The third kappa shape index (κ3) is 5.50. The van der Waals surface area contributed by atoms with E-state index in [1.807, 2.05) is 36.8 Å². The van der Waals surface area contributed by atoms with Gasteiger partial charge in [-0.1, -0.05) is 13.8 Å². The molecule has 0 radical (unpaired) electrons. The Labute approximate surface area is 213 Å². The zero-order chi connectivity index (χ0) is 24.9. The molecule has 2 aromatic heterocycles. The van der Waals surface area contributed by atoms with Crippen molar-refractivity contribution < 1.29 is 0 Å². The third-order valence-corrected chi connectivity index (χ3v) is 7.44. The maximum atomic E-state index is 9.56. The summed E-state index contributed by atoms with van der Waals surface area (Å²) in [5.74, 6) is 0.520. The summed E-state index contributed by atoms with van der Waals surface area (Å²) >= 11 is 0. The largest absolute Gasteiger partial charge is 0.380 e. The fourth-order valence-electron chi connectivity index (χ4n) is 5.15.